The molecule has 1 aliphatic heterocycles. The Morgan fingerprint density at radius 2 is 1.70 bits per heavy atom. The average Bonchev–Trinajstić information content (AvgIpc) is 3.29. The van der Waals surface area contributed by atoms with E-state index in [2.05, 4.69) is 0 Å². The Morgan fingerprint density at radius 1 is 1.05 bits per heavy atom. The number of hydrogen-bond donors (Lipinski definition) is 1. The highest BCUT2D eigenvalue weighted by atomic mass is 32.2. The molecule has 1 fully saturated rings. The molecule has 0 aliphatic carbocycles. The Labute approximate surface area is 118 Å². The number of rotatable bonds is 4. The van der Waals surface area contributed by atoms with E-state index < -0.39 is 10.0 Å². The van der Waals surface area contributed by atoms with Gasteiger partial charge in [0, 0.05) is 13.1 Å². The van der Waals surface area contributed by atoms with Crippen LogP contribution in [0.1, 0.15) is 17.2 Å². The highest BCUT2D eigenvalue weighted by molar-refractivity contribution is 7.89. The lowest BCUT2D eigenvalue weighted by Gasteiger charge is -2.07. The molecule has 1 saturated heterocycles. The van der Waals surface area contributed by atoms with Crippen LogP contribution in [0.15, 0.2) is 59.5 Å². The zero-order valence-corrected chi connectivity index (χ0v) is 11.8. The van der Waals surface area contributed by atoms with Crippen molar-refractivity contribution in [3.05, 3.63) is 65.7 Å². The van der Waals surface area contributed by atoms with Crippen molar-refractivity contribution in [1.82, 2.24) is 4.31 Å². The summed E-state index contributed by atoms with van der Waals surface area (Å²) in [7, 11) is -3.40. The van der Waals surface area contributed by atoms with Crippen LogP contribution in [0.25, 0.3) is 0 Å². The summed E-state index contributed by atoms with van der Waals surface area (Å²) in [6.07, 6.45) is 0. The molecule has 0 bridgehead atoms. The van der Waals surface area contributed by atoms with Crippen molar-refractivity contribution in [2.24, 2.45) is 5.73 Å². The fraction of sp³-hybridized carbons (Fsp3) is 0.200. The molecule has 2 unspecified atom stereocenters. The second-order valence-corrected chi connectivity index (χ2v) is 6.74. The van der Waals surface area contributed by atoms with Crippen LogP contribution in [0.2, 0.25) is 0 Å². The maximum absolute atomic E-state index is 12.5. The number of sulfonamides is 1. The lowest BCUT2D eigenvalue weighted by molar-refractivity contribution is 0.554. The first-order chi connectivity index (χ1) is 9.63. The van der Waals surface area contributed by atoms with Crippen molar-refractivity contribution < 1.29 is 8.42 Å². The molecule has 1 heterocycles. The van der Waals surface area contributed by atoms with E-state index in [0.29, 0.717) is 18.0 Å². The lowest BCUT2D eigenvalue weighted by Crippen LogP contribution is -2.13. The molecule has 0 aromatic heterocycles. The number of hydrogen-bond acceptors (Lipinski definition) is 3. The standard InChI is InChI=1S/C15H16N2O2S/c16-10-12-6-8-14(9-7-12)20(18,19)17-11-15(17)13-4-2-1-3-5-13/h1-9,15H,10-11,16H2. The Bertz CT molecular complexity index is 696. The van der Waals surface area contributed by atoms with Crippen molar-refractivity contribution in [3.63, 3.8) is 0 Å². The predicted octanol–water partition coefficient (Wildman–Crippen LogP) is 1.89. The Hall–Kier alpha value is -1.69. The van der Waals surface area contributed by atoms with Crippen molar-refractivity contribution in [3.8, 4) is 0 Å². The fourth-order valence-electron chi connectivity index (χ4n) is 2.27. The van der Waals surface area contributed by atoms with Crippen LogP contribution in [-0.2, 0) is 16.6 Å². The zero-order valence-electron chi connectivity index (χ0n) is 10.9. The van der Waals surface area contributed by atoms with Gasteiger partial charge in [0.1, 0.15) is 0 Å². The molecule has 3 rings (SSSR count). The topological polar surface area (TPSA) is 63.2 Å². The van der Waals surface area contributed by atoms with Crippen LogP contribution in [0.5, 0.6) is 0 Å². The monoisotopic (exact) mass is 288 g/mol. The summed E-state index contributed by atoms with van der Waals surface area (Å²) < 4.78 is 26.5. The van der Waals surface area contributed by atoms with E-state index in [1.54, 1.807) is 24.3 Å². The van der Waals surface area contributed by atoms with Crippen LogP contribution >= 0.6 is 0 Å². The van der Waals surface area contributed by atoms with Crippen LogP contribution in [0.3, 0.4) is 0 Å². The Balaban J connectivity index is 1.83. The average molecular weight is 288 g/mol. The third-order valence-corrected chi connectivity index (χ3v) is 5.41. The van der Waals surface area contributed by atoms with Gasteiger partial charge in [-0.3, -0.25) is 0 Å². The van der Waals surface area contributed by atoms with Gasteiger partial charge in [-0.05, 0) is 23.3 Å². The van der Waals surface area contributed by atoms with Gasteiger partial charge in [-0.15, -0.1) is 0 Å². The minimum atomic E-state index is -3.40. The van der Waals surface area contributed by atoms with E-state index in [-0.39, 0.29) is 6.04 Å². The summed E-state index contributed by atoms with van der Waals surface area (Å²) in [6, 6.07) is 16.4. The zero-order chi connectivity index (χ0) is 14.2. The molecule has 20 heavy (non-hydrogen) atoms. The molecular weight excluding hydrogens is 272 g/mol. The second kappa shape index (κ2) is 5.01. The third kappa shape index (κ3) is 2.35. The summed E-state index contributed by atoms with van der Waals surface area (Å²) in [5.74, 6) is 0. The fourth-order valence-corrected chi connectivity index (χ4v) is 3.81. The van der Waals surface area contributed by atoms with Gasteiger partial charge in [-0.2, -0.15) is 4.31 Å². The molecule has 0 radical (unpaired) electrons. The van der Waals surface area contributed by atoms with Gasteiger partial charge >= 0.3 is 0 Å². The quantitative estimate of drug-likeness (QED) is 0.874. The smallest absolute Gasteiger partial charge is 0.243 e. The molecule has 2 aromatic rings. The molecular formula is C15H16N2O2S. The molecule has 2 atom stereocenters. The minimum Gasteiger partial charge on any atom is -0.326 e. The van der Waals surface area contributed by atoms with Crippen LogP contribution in [0, 0.1) is 0 Å². The van der Waals surface area contributed by atoms with E-state index in [1.165, 1.54) is 4.31 Å². The van der Waals surface area contributed by atoms with E-state index in [9.17, 15) is 8.42 Å². The third-order valence-electron chi connectivity index (χ3n) is 3.52. The maximum atomic E-state index is 12.5. The highest BCUT2D eigenvalue weighted by Crippen LogP contribution is 2.40. The van der Waals surface area contributed by atoms with E-state index in [0.717, 1.165) is 11.1 Å². The van der Waals surface area contributed by atoms with Crippen molar-refractivity contribution in [2.45, 2.75) is 17.5 Å². The Morgan fingerprint density at radius 3 is 2.30 bits per heavy atom. The Kier molecular flexibility index (Phi) is 3.33. The normalized spacial score (nSPS) is 21.6. The first kappa shape index (κ1) is 13.3. The van der Waals surface area contributed by atoms with E-state index in [1.807, 2.05) is 30.3 Å². The van der Waals surface area contributed by atoms with Gasteiger partial charge in [0.15, 0.2) is 0 Å². The minimum absolute atomic E-state index is 0.0321. The first-order valence-electron chi connectivity index (χ1n) is 6.49. The number of benzene rings is 2. The largest absolute Gasteiger partial charge is 0.326 e. The van der Waals surface area contributed by atoms with Crippen LogP contribution < -0.4 is 5.73 Å². The summed E-state index contributed by atoms with van der Waals surface area (Å²) in [5, 5.41) is 0. The van der Waals surface area contributed by atoms with Gasteiger partial charge in [-0.1, -0.05) is 42.5 Å². The first-order valence-corrected chi connectivity index (χ1v) is 7.93. The van der Waals surface area contributed by atoms with Crippen LogP contribution in [-0.4, -0.2) is 19.3 Å². The molecule has 4 nitrogen and oxygen atoms in total. The van der Waals surface area contributed by atoms with E-state index >= 15 is 0 Å². The molecule has 2 aromatic carbocycles. The van der Waals surface area contributed by atoms with Gasteiger partial charge in [0.2, 0.25) is 10.0 Å². The summed E-state index contributed by atoms with van der Waals surface area (Å²) in [5.41, 5.74) is 7.48. The van der Waals surface area contributed by atoms with Crippen molar-refractivity contribution in [1.29, 1.82) is 0 Å². The second-order valence-electron chi connectivity index (χ2n) is 4.85. The van der Waals surface area contributed by atoms with Gasteiger partial charge < -0.3 is 5.73 Å². The summed E-state index contributed by atoms with van der Waals surface area (Å²) in [6.45, 7) is 0.960. The van der Waals surface area contributed by atoms with Gasteiger partial charge in [0.25, 0.3) is 0 Å². The highest BCUT2D eigenvalue weighted by Gasteiger charge is 2.45. The summed E-state index contributed by atoms with van der Waals surface area (Å²) in [4.78, 5) is 0.327. The lowest BCUT2D eigenvalue weighted by atomic mass is 10.2. The molecule has 2 N–H and O–H groups in total. The predicted molar refractivity (Wildman–Crippen MR) is 77.4 cm³/mol. The maximum Gasteiger partial charge on any atom is 0.243 e. The van der Waals surface area contributed by atoms with E-state index in [4.69, 9.17) is 5.73 Å². The van der Waals surface area contributed by atoms with Crippen molar-refractivity contribution in [2.75, 3.05) is 6.54 Å². The SMILES string of the molecule is NCc1ccc(S(=O)(=O)N2CC2c2ccccc2)cc1. The molecule has 0 spiro atoms. The molecule has 5 heteroatoms. The number of nitrogens with two attached hydrogens (primary N) is 1. The van der Waals surface area contributed by atoms with Crippen molar-refractivity contribution >= 4 is 10.0 Å². The molecule has 104 valence electrons. The van der Waals surface area contributed by atoms with Gasteiger partial charge in [0.05, 0.1) is 10.9 Å². The number of nitrogens with zero attached hydrogens (tertiary/aromatic N) is 1. The van der Waals surface area contributed by atoms with Crippen LogP contribution in [0.4, 0.5) is 0 Å². The molecule has 0 saturated carbocycles. The summed E-state index contributed by atoms with van der Waals surface area (Å²) >= 11 is 0. The molecule has 1 aliphatic rings. The van der Waals surface area contributed by atoms with Gasteiger partial charge in [-0.25, -0.2) is 8.42 Å². The molecule has 0 amide bonds.